The predicted molar refractivity (Wildman–Crippen MR) is 96.8 cm³/mol. The topological polar surface area (TPSA) is 71.3 Å². The Labute approximate surface area is 148 Å². The molecule has 0 radical (unpaired) electrons. The summed E-state index contributed by atoms with van der Waals surface area (Å²) in [5, 5.41) is 6.96. The van der Waals surface area contributed by atoms with E-state index < -0.39 is 0 Å². The van der Waals surface area contributed by atoms with Gasteiger partial charge in [-0.15, -0.1) is 0 Å². The monoisotopic (exact) mass is 342 g/mol. The molecule has 0 saturated carbocycles. The van der Waals surface area contributed by atoms with Crippen LogP contribution in [0, 0.1) is 6.92 Å². The third kappa shape index (κ3) is 3.83. The van der Waals surface area contributed by atoms with Gasteiger partial charge in [0.15, 0.2) is 5.76 Å². The third-order valence-corrected chi connectivity index (χ3v) is 4.60. The average Bonchev–Trinajstić information content (AvgIpc) is 3.02. The van der Waals surface area contributed by atoms with Gasteiger partial charge in [-0.25, -0.2) is 4.98 Å². The lowest BCUT2D eigenvalue weighted by Crippen LogP contribution is -2.32. The first-order valence-electron chi connectivity index (χ1n) is 9.01. The van der Waals surface area contributed by atoms with E-state index in [-0.39, 0.29) is 11.8 Å². The first-order valence-corrected chi connectivity index (χ1v) is 9.01. The zero-order valence-electron chi connectivity index (χ0n) is 15.2. The average molecular weight is 342 g/mol. The van der Waals surface area contributed by atoms with Gasteiger partial charge in [0, 0.05) is 37.3 Å². The summed E-state index contributed by atoms with van der Waals surface area (Å²) < 4.78 is 5.32. The number of rotatable bonds is 5. The van der Waals surface area contributed by atoms with Crippen LogP contribution in [-0.2, 0) is 6.54 Å². The minimum absolute atomic E-state index is 0.115. The zero-order chi connectivity index (χ0) is 17.8. The van der Waals surface area contributed by atoms with Crippen molar-refractivity contribution < 1.29 is 9.32 Å². The summed E-state index contributed by atoms with van der Waals surface area (Å²) >= 11 is 0. The largest absolute Gasteiger partial charge is 0.360 e. The number of aromatic nitrogens is 2. The molecule has 1 fully saturated rings. The van der Waals surface area contributed by atoms with Crippen molar-refractivity contribution in [1.29, 1.82) is 0 Å². The molecule has 0 unspecified atom stereocenters. The van der Waals surface area contributed by atoms with Crippen LogP contribution in [0.15, 0.2) is 22.9 Å². The predicted octanol–water partition coefficient (Wildman–Crippen LogP) is 3.42. The van der Waals surface area contributed by atoms with Crippen molar-refractivity contribution in [2.45, 2.75) is 52.5 Å². The standard InChI is InChI=1S/C19H26N4O2/c1-13(2)17-16(14(3)22-25-17)19(24)21-12-15-8-7-9-20-18(15)23-10-5-4-6-11-23/h7-9,13H,4-6,10-12H2,1-3H3,(H,21,24). The third-order valence-electron chi connectivity index (χ3n) is 4.60. The van der Waals surface area contributed by atoms with Gasteiger partial charge in [0.05, 0.1) is 5.69 Å². The van der Waals surface area contributed by atoms with Crippen LogP contribution in [0.3, 0.4) is 0 Å². The van der Waals surface area contributed by atoms with Crippen molar-refractivity contribution in [3.8, 4) is 0 Å². The van der Waals surface area contributed by atoms with E-state index in [4.69, 9.17) is 4.52 Å². The maximum absolute atomic E-state index is 12.7. The molecule has 1 amide bonds. The van der Waals surface area contributed by atoms with Gasteiger partial charge in [-0.05, 0) is 32.3 Å². The van der Waals surface area contributed by atoms with E-state index in [9.17, 15) is 4.79 Å². The second-order valence-corrected chi connectivity index (χ2v) is 6.88. The molecule has 0 aliphatic carbocycles. The SMILES string of the molecule is Cc1noc(C(C)C)c1C(=O)NCc1cccnc1N1CCCCC1. The second kappa shape index (κ2) is 7.68. The Bertz CT molecular complexity index is 733. The number of carbonyl (C=O) groups is 1. The van der Waals surface area contributed by atoms with Crippen LogP contribution in [0.25, 0.3) is 0 Å². The van der Waals surface area contributed by atoms with Crippen LogP contribution in [0.2, 0.25) is 0 Å². The van der Waals surface area contributed by atoms with Crippen molar-refractivity contribution in [3.63, 3.8) is 0 Å². The Balaban J connectivity index is 1.74. The van der Waals surface area contributed by atoms with Crippen LogP contribution in [0.4, 0.5) is 5.82 Å². The van der Waals surface area contributed by atoms with Gasteiger partial charge in [-0.2, -0.15) is 0 Å². The molecule has 2 aromatic rings. The second-order valence-electron chi connectivity index (χ2n) is 6.88. The van der Waals surface area contributed by atoms with E-state index >= 15 is 0 Å². The number of anilines is 1. The highest BCUT2D eigenvalue weighted by Gasteiger charge is 2.23. The summed E-state index contributed by atoms with van der Waals surface area (Å²) in [6, 6.07) is 3.94. The normalized spacial score (nSPS) is 14.8. The highest BCUT2D eigenvalue weighted by molar-refractivity contribution is 5.96. The minimum Gasteiger partial charge on any atom is -0.360 e. The van der Waals surface area contributed by atoms with Gasteiger partial charge in [0.1, 0.15) is 11.4 Å². The van der Waals surface area contributed by atoms with Crippen LogP contribution in [0.1, 0.15) is 66.4 Å². The molecule has 25 heavy (non-hydrogen) atoms. The lowest BCUT2D eigenvalue weighted by Gasteiger charge is -2.29. The molecule has 1 saturated heterocycles. The summed E-state index contributed by atoms with van der Waals surface area (Å²) in [6.07, 6.45) is 5.48. The molecule has 134 valence electrons. The molecular formula is C19H26N4O2. The van der Waals surface area contributed by atoms with E-state index in [1.165, 1.54) is 19.3 Å². The maximum atomic E-state index is 12.7. The van der Waals surface area contributed by atoms with E-state index in [1.54, 1.807) is 6.92 Å². The van der Waals surface area contributed by atoms with Gasteiger partial charge >= 0.3 is 0 Å². The molecule has 1 aliphatic heterocycles. The van der Waals surface area contributed by atoms with E-state index in [2.05, 4.69) is 20.4 Å². The number of nitrogens with zero attached hydrogens (tertiary/aromatic N) is 3. The molecule has 1 aliphatic rings. The van der Waals surface area contributed by atoms with Crippen LogP contribution in [-0.4, -0.2) is 29.1 Å². The fourth-order valence-electron chi connectivity index (χ4n) is 3.28. The van der Waals surface area contributed by atoms with Crippen LogP contribution < -0.4 is 10.2 Å². The molecule has 1 N–H and O–H groups in total. The number of hydrogen-bond acceptors (Lipinski definition) is 5. The number of carbonyl (C=O) groups excluding carboxylic acids is 1. The molecule has 0 aromatic carbocycles. The summed E-state index contributed by atoms with van der Waals surface area (Å²) in [5.74, 6) is 1.59. The molecule has 0 spiro atoms. The van der Waals surface area contributed by atoms with E-state index in [0.717, 1.165) is 24.5 Å². The van der Waals surface area contributed by atoms with Crippen molar-refractivity contribution >= 4 is 11.7 Å². The molecule has 3 rings (SSSR count). The van der Waals surface area contributed by atoms with Crippen molar-refractivity contribution in [1.82, 2.24) is 15.5 Å². The Hall–Kier alpha value is -2.37. The van der Waals surface area contributed by atoms with E-state index in [0.29, 0.717) is 23.6 Å². The molecule has 0 bridgehead atoms. The summed E-state index contributed by atoms with van der Waals surface area (Å²) in [7, 11) is 0. The zero-order valence-corrected chi connectivity index (χ0v) is 15.2. The van der Waals surface area contributed by atoms with Crippen molar-refractivity contribution in [2.75, 3.05) is 18.0 Å². The maximum Gasteiger partial charge on any atom is 0.257 e. The summed E-state index contributed by atoms with van der Waals surface area (Å²) in [4.78, 5) is 19.5. The van der Waals surface area contributed by atoms with Gasteiger partial charge in [0.25, 0.3) is 5.91 Å². The van der Waals surface area contributed by atoms with Gasteiger partial charge in [0.2, 0.25) is 0 Å². The Morgan fingerprint density at radius 3 is 2.80 bits per heavy atom. The van der Waals surface area contributed by atoms with Crippen LogP contribution in [0.5, 0.6) is 0 Å². The minimum atomic E-state index is -0.143. The van der Waals surface area contributed by atoms with Gasteiger partial charge in [-0.3, -0.25) is 4.79 Å². The number of aryl methyl sites for hydroxylation is 1. The number of piperidine rings is 1. The Morgan fingerprint density at radius 1 is 1.32 bits per heavy atom. The molecule has 6 heteroatoms. The van der Waals surface area contributed by atoms with Crippen LogP contribution >= 0.6 is 0 Å². The molecule has 3 heterocycles. The molecular weight excluding hydrogens is 316 g/mol. The van der Waals surface area contributed by atoms with Crippen molar-refractivity contribution in [2.24, 2.45) is 0 Å². The van der Waals surface area contributed by atoms with Gasteiger partial charge in [-0.1, -0.05) is 25.1 Å². The smallest absolute Gasteiger partial charge is 0.257 e. The first kappa shape index (κ1) is 17.5. The van der Waals surface area contributed by atoms with Gasteiger partial charge < -0.3 is 14.7 Å². The number of amides is 1. The fourth-order valence-corrected chi connectivity index (χ4v) is 3.28. The number of nitrogens with one attached hydrogen (secondary N) is 1. The lowest BCUT2D eigenvalue weighted by atomic mass is 10.0. The van der Waals surface area contributed by atoms with E-state index in [1.807, 2.05) is 32.2 Å². The first-order chi connectivity index (χ1) is 12.1. The quantitative estimate of drug-likeness (QED) is 0.901. The number of hydrogen-bond donors (Lipinski definition) is 1. The summed E-state index contributed by atoms with van der Waals surface area (Å²) in [6.45, 7) is 8.28. The number of pyridine rings is 1. The fraction of sp³-hybridized carbons (Fsp3) is 0.526. The highest BCUT2D eigenvalue weighted by atomic mass is 16.5. The van der Waals surface area contributed by atoms with Crippen molar-refractivity contribution in [3.05, 3.63) is 40.9 Å². The Kier molecular flexibility index (Phi) is 5.36. The molecule has 2 aromatic heterocycles. The Morgan fingerprint density at radius 2 is 2.08 bits per heavy atom. The lowest BCUT2D eigenvalue weighted by molar-refractivity contribution is 0.0948. The highest BCUT2D eigenvalue weighted by Crippen LogP contribution is 2.24. The summed E-state index contributed by atoms with van der Waals surface area (Å²) in [5.41, 5.74) is 2.22. The molecule has 6 nitrogen and oxygen atoms in total. The molecule has 0 atom stereocenters.